The quantitative estimate of drug-likeness (QED) is 0.787. The van der Waals surface area contributed by atoms with E-state index in [0.29, 0.717) is 5.52 Å². The molecule has 0 amide bonds. The fourth-order valence-corrected chi connectivity index (χ4v) is 1.47. The Morgan fingerprint density at radius 1 is 1.36 bits per heavy atom. The van der Waals surface area contributed by atoms with E-state index >= 15 is 0 Å². The predicted octanol–water partition coefficient (Wildman–Crippen LogP) is 2.81. The van der Waals surface area contributed by atoms with Gasteiger partial charge in [-0.3, -0.25) is 4.98 Å². The van der Waals surface area contributed by atoms with E-state index in [1.54, 1.807) is 12.3 Å². The van der Waals surface area contributed by atoms with Crippen molar-refractivity contribution in [2.24, 2.45) is 0 Å². The number of benzene rings is 1. The largest absolute Gasteiger partial charge is 0.385 e. The van der Waals surface area contributed by atoms with Gasteiger partial charge in [0.05, 0.1) is 5.52 Å². The Morgan fingerprint density at radius 3 is 3.00 bits per heavy atom. The minimum absolute atomic E-state index is 0.251. The Hall–Kier alpha value is -1.64. The molecule has 1 N–H and O–H groups in total. The van der Waals surface area contributed by atoms with Gasteiger partial charge in [-0.1, -0.05) is 0 Å². The maximum atomic E-state index is 12.9. The van der Waals surface area contributed by atoms with Gasteiger partial charge < -0.3 is 5.32 Å². The molecule has 0 atom stereocenters. The third-order valence-electron chi connectivity index (χ3n) is 2.07. The molecule has 0 saturated carbocycles. The number of hydrogen-bond donors (Lipinski definition) is 1. The maximum Gasteiger partial charge on any atom is 0.125 e. The summed E-state index contributed by atoms with van der Waals surface area (Å²) in [5.74, 6) is -0.251. The van der Waals surface area contributed by atoms with E-state index in [4.69, 9.17) is 0 Å². The predicted molar refractivity (Wildman–Crippen MR) is 55.9 cm³/mol. The lowest BCUT2D eigenvalue weighted by Gasteiger charge is -2.06. The molecule has 0 aliphatic rings. The van der Waals surface area contributed by atoms with Crippen molar-refractivity contribution >= 4 is 16.6 Å². The summed E-state index contributed by atoms with van der Waals surface area (Å²) in [6.45, 7) is 2.87. The summed E-state index contributed by atoms with van der Waals surface area (Å²) < 4.78 is 12.9. The number of aromatic nitrogens is 1. The molecule has 14 heavy (non-hydrogen) atoms. The van der Waals surface area contributed by atoms with Gasteiger partial charge in [0.1, 0.15) is 5.82 Å². The van der Waals surface area contributed by atoms with Crippen LogP contribution in [0, 0.1) is 5.82 Å². The molecule has 2 aromatic rings. The number of nitrogens with one attached hydrogen (secondary N) is 1. The average Bonchev–Trinajstić information content (AvgIpc) is 2.18. The van der Waals surface area contributed by atoms with Crippen LogP contribution in [0.25, 0.3) is 10.9 Å². The van der Waals surface area contributed by atoms with Crippen LogP contribution in [0.5, 0.6) is 0 Å². The minimum atomic E-state index is -0.251. The fraction of sp³-hybridized carbons (Fsp3) is 0.182. The summed E-state index contributed by atoms with van der Waals surface area (Å²) in [5, 5.41) is 4.16. The first kappa shape index (κ1) is 8.94. The molecular formula is C11H11FN2. The van der Waals surface area contributed by atoms with Gasteiger partial charge in [-0.05, 0) is 25.1 Å². The first-order valence-electron chi connectivity index (χ1n) is 4.59. The molecule has 0 aliphatic carbocycles. The molecule has 0 unspecified atom stereocenters. The van der Waals surface area contributed by atoms with Gasteiger partial charge in [0.2, 0.25) is 0 Å². The van der Waals surface area contributed by atoms with E-state index in [1.807, 2.05) is 13.0 Å². The second kappa shape index (κ2) is 3.62. The Labute approximate surface area is 81.8 Å². The van der Waals surface area contributed by atoms with E-state index in [9.17, 15) is 4.39 Å². The zero-order valence-electron chi connectivity index (χ0n) is 7.92. The Kier molecular flexibility index (Phi) is 2.31. The lowest BCUT2D eigenvalue weighted by atomic mass is 10.2. The highest BCUT2D eigenvalue weighted by Gasteiger charge is 2.01. The van der Waals surface area contributed by atoms with Crippen molar-refractivity contribution in [1.29, 1.82) is 0 Å². The number of rotatable bonds is 2. The number of pyridine rings is 1. The smallest absolute Gasteiger partial charge is 0.125 e. The van der Waals surface area contributed by atoms with Crippen molar-refractivity contribution in [2.75, 3.05) is 11.9 Å². The molecular weight excluding hydrogens is 179 g/mol. The monoisotopic (exact) mass is 190 g/mol. The fourth-order valence-electron chi connectivity index (χ4n) is 1.47. The first-order chi connectivity index (χ1) is 6.81. The van der Waals surface area contributed by atoms with Gasteiger partial charge in [0, 0.05) is 29.9 Å². The molecule has 1 heterocycles. The van der Waals surface area contributed by atoms with Crippen LogP contribution in [0.15, 0.2) is 30.5 Å². The summed E-state index contributed by atoms with van der Waals surface area (Å²) in [4.78, 5) is 4.10. The first-order valence-corrected chi connectivity index (χ1v) is 4.59. The van der Waals surface area contributed by atoms with Crippen LogP contribution in [0.3, 0.4) is 0 Å². The Morgan fingerprint density at radius 2 is 2.21 bits per heavy atom. The zero-order valence-corrected chi connectivity index (χ0v) is 7.92. The molecule has 72 valence electrons. The molecule has 1 aromatic carbocycles. The van der Waals surface area contributed by atoms with Crippen LogP contribution in [0.4, 0.5) is 10.1 Å². The average molecular weight is 190 g/mol. The molecule has 2 nitrogen and oxygen atoms in total. The van der Waals surface area contributed by atoms with E-state index in [0.717, 1.165) is 17.6 Å². The number of nitrogens with zero attached hydrogens (tertiary/aromatic N) is 1. The lowest BCUT2D eigenvalue weighted by molar-refractivity contribution is 0.629. The maximum absolute atomic E-state index is 12.9. The molecule has 2 rings (SSSR count). The van der Waals surface area contributed by atoms with Crippen molar-refractivity contribution in [1.82, 2.24) is 4.98 Å². The zero-order chi connectivity index (χ0) is 9.97. The van der Waals surface area contributed by atoms with Crippen molar-refractivity contribution in [3.63, 3.8) is 0 Å². The second-order valence-electron chi connectivity index (χ2n) is 3.05. The molecule has 0 spiro atoms. The molecule has 0 bridgehead atoms. The summed E-state index contributed by atoms with van der Waals surface area (Å²) >= 11 is 0. The summed E-state index contributed by atoms with van der Waals surface area (Å²) in [5.41, 5.74) is 1.68. The third kappa shape index (κ3) is 1.53. The molecule has 0 saturated heterocycles. The van der Waals surface area contributed by atoms with E-state index < -0.39 is 0 Å². The highest BCUT2D eigenvalue weighted by molar-refractivity contribution is 5.90. The van der Waals surface area contributed by atoms with Crippen molar-refractivity contribution in [3.8, 4) is 0 Å². The van der Waals surface area contributed by atoms with Crippen LogP contribution < -0.4 is 5.32 Å². The van der Waals surface area contributed by atoms with Crippen molar-refractivity contribution in [3.05, 3.63) is 36.3 Å². The van der Waals surface area contributed by atoms with Gasteiger partial charge >= 0.3 is 0 Å². The van der Waals surface area contributed by atoms with Crippen LogP contribution in [-0.4, -0.2) is 11.5 Å². The van der Waals surface area contributed by atoms with Crippen molar-refractivity contribution in [2.45, 2.75) is 6.92 Å². The summed E-state index contributed by atoms with van der Waals surface area (Å²) in [6, 6.07) is 6.53. The van der Waals surface area contributed by atoms with Crippen molar-refractivity contribution < 1.29 is 4.39 Å². The van der Waals surface area contributed by atoms with E-state index in [1.165, 1.54) is 12.1 Å². The summed E-state index contributed by atoms with van der Waals surface area (Å²) in [6.07, 6.45) is 1.68. The number of fused-ring (bicyclic) bond motifs is 1. The minimum Gasteiger partial charge on any atom is -0.385 e. The molecule has 0 fully saturated rings. The lowest BCUT2D eigenvalue weighted by Crippen LogP contribution is -1.97. The van der Waals surface area contributed by atoms with Crippen LogP contribution in [0.2, 0.25) is 0 Å². The van der Waals surface area contributed by atoms with Gasteiger partial charge in [0.15, 0.2) is 0 Å². The van der Waals surface area contributed by atoms with Gasteiger partial charge in [0.25, 0.3) is 0 Å². The second-order valence-corrected chi connectivity index (χ2v) is 3.05. The highest BCUT2D eigenvalue weighted by atomic mass is 19.1. The molecule has 1 aromatic heterocycles. The third-order valence-corrected chi connectivity index (χ3v) is 2.07. The number of hydrogen-bond acceptors (Lipinski definition) is 2. The van der Waals surface area contributed by atoms with E-state index in [2.05, 4.69) is 10.3 Å². The van der Waals surface area contributed by atoms with E-state index in [-0.39, 0.29) is 5.82 Å². The molecule has 0 radical (unpaired) electrons. The Bertz CT molecular complexity index is 454. The van der Waals surface area contributed by atoms with Gasteiger partial charge in [-0.15, -0.1) is 0 Å². The van der Waals surface area contributed by atoms with Gasteiger partial charge in [-0.2, -0.15) is 0 Å². The normalized spacial score (nSPS) is 10.4. The number of anilines is 1. The molecule has 3 heteroatoms. The summed E-state index contributed by atoms with van der Waals surface area (Å²) in [7, 11) is 0. The Balaban J connectivity index is 2.62. The van der Waals surface area contributed by atoms with Crippen LogP contribution in [-0.2, 0) is 0 Å². The standard InChI is InChI=1S/C11H11FN2/c1-2-13-10-5-6-14-11-7-8(12)3-4-9(10)11/h3-7H,2H2,1H3,(H,13,14). The topological polar surface area (TPSA) is 24.9 Å². The SMILES string of the molecule is CCNc1ccnc2cc(F)ccc12. The van der Waals surface area contributed by atoms with Crippen LogP contribution in [0.1, 0.15) is 6.92 Å². The van der Waals surface area contributed by atoms with Crippen LogP contribution >= 0.6 is 0 Å². The molecule has 0 aliphatic heterocycles. The number of halogens is 1. The highest BCUT2D eigenvalue weighted by Crippen LogP contribution is 2.21. The van der Waals surface area contributed by atoms with Gasteiger partial charge in [-0.25, -0.2) is 4.39 Å².